The Labute approximate surface area is 150 Å². The second kappa shape index (κ2) is 8.39. The molecule has 1 saturated carbocycles. The molecule has 0 bridgehead atoms. The van der Waals surface area contributed by atoms with Crippen molar-refractivity contribution in [3.63, 3.8) is 0 Å². The van der Waals surface area contributed by atoms with Crippen molar-refractivity contribution in [1.29, 1.82) is 0 Å². The Hall–Kier alpha value is -2.01. The molecule has 5 heteroatoms. The SMILES string of the molecule is CN1CCC2CCC(n3cccn3)C[C@@H]21.COc1ccccc1OC. The van der Waals surface area contributed by atoms with Gasteiger partial charge in [-0.1, -0.05) is 12.1 Å². The number of likely N-dealkylation sites (tertiary alicyclic amines) is 1. The van der Waals surface area contributed by atoms with Gasteiger partial charge in [0.05, 0.1) is 20.3 Å². The molecule has 2 unspecified atom stereocenters. The van der Waals surface area contributed by atoms with E-state index in [2.05, 4.69) is 27.9 Å². The summed E-state index contributed by atoms with van der Waals surface area (Å²) in [4.78, 5) is 2.54. The number of ether oxygens (including phenoxy) is 2. The van der Waals surface area contributed by atoms with Gasteiger partial charge in [-0.15, -0.1) is 0 Å². The summed E-state index contributed by atoms with van der Waals surface area (Å²) in [7, 11) is 5.52. The number of nitrogens with zero attached hydrogens (tertiary/aromatic N) is 3. The van der Waals surface area contributed by atoms with E-state index in [1.807, 2.05) is 36.5 Å². The largest absolute Gasteiger partial charge is 0.493 e. The van der Waals surface area contributed by atoms with Crippen LogP contribution in [0.5, 0.6) is 11.5 Å². The Morgan fingerprint density at radius 3 is 2.32 bits per heavy atom. The van der Waals surface area contributed by atoms with Crippen LogP contribution in [0.4, 0.5) is 0 Å². The molecule has 1 saturated heterocycles. The highest BCUT2D eigenvalue weighted by Crippen LogP contribution is 2.39. The van der Waals surface area contributed by atoms with Gasteiger partial charge in [0, 0.05) is 18.4 Å². The zero-order valence-corrected chi connectivity index (χ0v) is 15.5. The third kappa shape index (κ3) is 4.15. The van der Waals surface area contributed by atoms with Gasteiger partial charge in [0.1, 0.15) is 0 Å². The Morgan fingerprint density at radius 1 is 1.00 bits per heavy atom. The van der Waals surface area contributed by atoms with Crippen LogP contribution in [0, 0.1) is 5.92 Å². The molecule has 2 heterocycles. The lowest BCUT2D eigenvalue weighted by Crippen LogP contribution is -2.35. The van der Waals surface area contributed by atoms with Crippen molar-refractivity contribution in [3.8, 4) is 11.5 Å². The molecule has 0 spiro atoms. The van der Waals surface area contributed by atoms with E-state index in [0.717, 1.165) is 23.5 Å². The van der Waals surface area contributed by atoms with E-state index in [-0.39, 0.29) is 0 Å². The first-order valence-corrected chi connectivity index (χ1v) is 9.09. The summed E-state index contributed by atoms with van der Waals surface area (Å²) < 4.78 is 12.2. The zero-order valence-electron chi connectivity index (χ0n) is 15.5. The van der Waals surface area contributed by atoms with E-state index in [1.54, 1.807) is 14.2 Å². The molecule has 2 aliphatic rings. The quantitative estimate of drug-likeness (QED) is 0.853. The van der Waals surface area contributed by atoms with Crippen molar-refractivity contribution < 1.29 is 9.47 Å². The number of fused-ring (bicyclic) bond motifs is 1. The van der Waals surface area contributed by atoms with Crippen LogP contribution in [0.2, 0.25) is 0 Å². The first-order valence-electron chi connectivity index (χ1n) is 9.09. The smallest absolute Gasteiger partial charge is 0.160 e. The second-order valence-corrected chi connectivity index (χ2v) is 6.90. The minimum absolute atomic E-state index is 0.641. The van der Waals surface area contributed by atoms with E-state index >= 15 is 0 Å². The number of para-hydroxylation sites is 2. The highest BCUT2D eigenvalue weighted by atomic mass is 16.5. The number of hydrogen-bond donors (Lipinski definition) is 0. The monoisotopic (exact) mass is 343 g/mol. The molecule has 0 amide bonds. The first kappa shape index (κ1) is 17.8. The third-order valence-corrected chi connectivity index (χ3v) is 5.54. The van der Waals surface area contributed by atoms with Gasteiger partial charge in [0.25, 0.3) is 0 Å². The van der Waals surface area contributed by atoms with E-state index in [0.29, 0.717) is 6.04 Å². The summed E-state index contributed by atoms with van der Waals surface area (Å²) >= 11 is 0. The zero-order chi connectivity index (χ0) is 17.6. The average Bonchev–Trinajstić information content (AvgIpc) is 3.32. The minimum atomic E-state index is 0.641. The number of aromatic nitrogens is 2. The number of rotatable bonds is 3. The maximum Gasteiger partial charge on any atom is 0.160 e. The molecule has 4 rings (SSSR count). The predicted molar refractivity (Wildman–Crippen MR) is 99.2 cm³/mol. The molecule has 1 aromatic heterocycles. The Morgan fingerprint density at radius 2 is 1.72 bits per heavy atom. The van der Waals surface area contributed by atoms with E-state index in [4.69, 9.17) is 9.47 Å². The number of hydrogen-bond acceptors (Lipinski definition) is 4. The Kier molecular flexibility index (Phi) is 5.97. The van der Waals surface area contributed by atoms with Gasteiger partial charge in [-0.3, -0.25) is 4.68 Å². The van der Waals surface area contributed by atoms with Crippen LogP contribution < -0.4 is 9.47 Å². The lowest BCUT2D eigenvalue weighted by atomic mass is 9.82. The van der Waals surface area contributed by atoms with Gasteiger partial charge >= 0.3 is 0 Å². The van der Waals surface area contributed by atoms with Crippen molar-refractivity contribution >= 4 is 0 Å². The van der Waals surface area contributed by atoms with Crippen LogP contribution in [0.25, 0.3) is 0 Å². The molecule has 1 aliphatic carbocycles. The lowest BCUT2D eigenvalue weighted by Gasteiger charge is -2.34. The maximum atomic E-state index is 5.01. The van der Waals surface area contributed by atoms with Crippen molar-refractivity contribution in [2.45, 2.75) is 37.8 Å². The predicted octanol–water partition coefficient (Wildman–Crippen LogP) is 3.63. The summed E-state index contributed by atoms with van der Waals surface area (Å²) in [5, 5.41) is 4.38. The normalized spacial score (nSPS) is 25.6. The fraction of sp³-hybridized carbons (Fsp3) is 0.550. The summed E-state index contributed by atoms with van der Waals surface area (Å²) in [5.41, 5.74) is 0. The third-order valence-electron chi connectivity index (χ3n) is 5.54. The molecule has 1 aromatic carbocycles. The molecular formula is C20H29N3O2. The maximum absolute atomic E-state index is 5.01. The molecular weight excluding hydrogens is 314 g/mol. The minimum Gasteiger partial charge on any atom is -0.493 e. The highest BCUT2D eigenvalue weighted by molar-refractivity contribution is 5.39. The van der Waals surface area contributed by atoms with Crippen LogP contribution in [-0.4, -0.2) is 48.5 Å². The summed E-state index contributed by atoms with van der Waals surface area (Å²) in [6.07, 6.45) is 9.41. The van der Waals surface area contributed by atoms with Crippen molar-refractivity contribution in [2.24, 2.45) is 5.92 Å². The molecule has 0 N–H and O–H groups in total. The summed E-state index contributed by atoms with van der Waals surface area (Å²) in [6.45, 7) is 1.29. The molecule has 0 radical (unpaired) electrons. The van der Waals surface area contributed by atoms with E-state index in [1.165, 1.54) is 32.2 Å². The second-order valence-electron chi connectivity index (χ2n) is 6.90. The number of methoxy groups -OCH3 is 2. The van der Waals surface area contributed by atoms with Crippen LogP contribution in [0.15, 0.2) is 42.7 Å². The Balaban J connectivity index is 0.000000160. The van der Waals surface area contributed by atoms with Gasteiger partial charge in [-0.2, -0.15) is 5.10 Å². The van der Waals surface area contributed by atoms with E-state index in [9.17, 15) is 0 Å². The van der Waals surface area contributed by atoms with Crippen LogP contribution >= 0.6 is 0 Å². The molecule has 25 heavy (non-hydrogen) atoms. The lowest BCUT2D eigenvalue weighted by molar-refractivity contribution is 0.165. The fourth-order valence-electron chi connectivity index (χ4n) is 4.12. The van der Waals surface area contributed by atoms with Crippen LogP contribution in [0.3, 0.4) is 0 Å². The Bertz CT molecular complexity index is 621. The molecule has 1 aliphatic heterocycles. The molecule has 3 atom stereocenters. The molecule has 136 valence electrons. The van der Waals surface area contributed by atoms with Crippen molar-refractivity contribution in [1.82, 2.24) is 14.7 Å². The van der Waals surface area contributed by atoms with Crippen LogP contribution in [0.1, 0.15) is 31.7 Å². The van der Waals surface area contributed by atoms with E-state index < -0.39 is 0 Å². The molecule has 5 nitrogen and oxygen atoms in total. The summed E-state index contributed by atoms with van der Waals surface area (Å²) in [6, 6.07) is 11.0. The van der Waals surface area contributed by atoms with Gasteiger partial charge in [-0.05, 0) is 63.4 Å². The highest BCUT2D eigenvalue weighted by Gasteiger charge is 2.37. The topological polar surface area (TPSA) is 39.5 Å². The number of benzene rings is 1. The van der Waals surface area contributed by atoms with Gasteiger partial charge < -0.3 is 14.4 Å². The van der Waals surface area contributed by atoms with Gasteiger partial charge in [-0.25, -0.2) is 0 Å². The molecule has 2 aromatic rings. The summed E-state index contributed by atoms with van der Waals surface area (Å²) in [5.74, 6) is 2.50. The first-order chi connectivity index (χ1) is 12.2. The standard InChI is InChI=1S/C12H19N3.C8H10O2/c1-14-8-5-10-3-4-11(9-12(10)14)15-7-2-6-13-15;1-9-7-5-3-4-6-8(7)10-2/h2,6-7,10-12H,3-5,8-9H2,1H3;3-6H,1-2H3/t10?,11?,12-;/m0./s1. The van der Waals surface area contributed by atoms with Gasteiger partial charge in [0.2, 0.25) is 0 Å². The van der Waals surface area contributed by atoms with Crippen molar-refractivity contribution in [2.75, 3.05) is 27.8 Å². The van der Waals surface area contributed by atoms with Crippen LogP contribution in [-0.2, 0) is 0 Å². The average molecular weight is 343 g/mol. The fourth-order valence-corrected chi connectivity index (χ4v) is 4.12. The molecule has 2 fully saturated rings. The van der Waals surface area contributed by atoms with Gasteiger partial charge in [0.15, 0.2) is 11.5 Å². The van der Waals surface area contributed by atoms with Crippen molar-refractivity contribution in [3.05, 3.63) is 42.7 Å².